The van der Waals surface area contributed by atoms with Crippen molar-refractivity contribution in [2.45, 2.75) is 96.9 Å². The molecule has 1 aromatic carbocycles. The van der Waals surface area contributed by atoms with Crippen LogP contribution in [0, 0.1) is 10.1 Å². The Kier molecular flexibility index (Phi) is 13.1. The molecule has 2 aliphatic rings. The molecular weight excluding hydrogens is 650 g/mol. The van der Waals surface area contributed by atoms with Crippen molar-refractivity contribution < 1.29 is 81.1 Å². The van der Waals surface area contributed by atoms with Gasteiger partial charge in [-0.05, 0) is 12.1 Å². The fourth-order valence-electron chi connectivity index (χ4n) is 4.86. The summed E-state index contributed by atoms with van der Waals surface area (Å²) >= 11 is 0. The highest BCUT2D eigenvalue weighted by atomic mass is 16.8. The zero-order valence-electron chi connectivity index (χ0n) is 26.7. The van der Waals surface area contributed by atoms with Gasteiger partial charge in [0.2, 0.25) is 12.4 Å². The van der Waals surface area contributed by atoms with Gasteiger partial charge in [-0.1, -0.05) is 0 Å². The molecular formula is C29H35NO18. The Morgan fingerprint density at radius 1 is 0.604 bits per heavy atom. The van der Waals surface area contributed by atoms with Gasteiger partial charge < -0.3 is 47.4 Å². The topological polar surface area (TPSA) is 238 Å². The smallest absolute Gasteiger partial charge is 0.303 e. The molecule has 0 unspecified atom stereocenters. The average molecular weight is 686 g/mol. The first kappa shape index (κ1) is 37.6. The van der Waals surface area contributed by atoms with Crippen LogP contribution in [0.1, 0.15) is 41.5 Å². The highest BCUT2D eigenvalue weighted by Gasteiger charge is 2.55. The number of ether oxygens (including phenoxy) is 10. The molecule has 9 atom stereocenters. The van der Waals surface area contributed by atoms with Crippen LogP contribution in [0.3, 0.4) is 0 Å². The lowest BCUT2D eigenvalue weighted by Gasteiger charge is -2.44. The number of carbonyl (C=O) groups excluding carboxylic acids is 6. The van der Waals surface area contributed by atoms with E-state index >= 15 is 0 Å². The summed E-state index contributed by atoms with van der Waals surface area (Å²) in [5.41, 5.74) is -0.250. The summed E-state index contributed by atoms with van der Waals surface area (Å²) in [5.74, 6) is -4.80. The zero-order chi connectivity index (χ0) is 35.7. The first-order valence-electron chi connectivity index (χ1n) is 14.4. The Morgan fingerprint density at radius 3 is 1.50 bits per heavy atom. The number of hydrogen-bond donors (Lipinski definition) is 0. The third-order valence-electron chi connectivity index (χ3n) is 6.54. The van der Waals surface area contributed by atoms with Crippen molar-refractivity contribution in [1.29, 1.82) is 0 Å². The predicted octanol–water partition coefficient (Wildman–Crippen LogP) is 0.662. The maximum Gasteiger partial charge on any atom is 0.303 e. The van der Waals surface area contributed by atoms with Crippen LogP contribution in [0.2, 0.25) is 0 Å². The lowest BCUT2D eigenvalue weighted by Crippen LogP contribution is -2.63. The molecule has 264 valence electrons. The highest BCUT2D eigenvalue weighted by Crippen LogP contribution is 2.33. The lowest BCUT2D eigenvalue weighted by molar-refractivity contribution is -0.384. The fourth-order valence-corrected chi connectivity index (χ4v) is 4.86. The van der Waals surface area contributed by atoms with Crippen LogP contribution in [-0.2, 0) is 71.4 Å². The van der Waals surface area contributed by atoms with Gasteiger partial charge in [-0.25, -0.2) is 0 Å². The second-order valence-corrected chi connectivity index (χ2v) is 10.5. The molecule has 19 nitrogen and oxygen atoms in total. The number of non-ortho nitro benzene ring substituents is 1. The summed E-state index contributed by atoms with van der Waals surface area (Å²) < 4.78 is 55.5. The number of nitro benzene ring substituents is 1. The molecule has 0 aliphatic carbocycles. The van der Waals surface area contributed by atoms with Gasteiger partial charge in [-0.3, -0.25) is 38.9 Å². The van der Waals surface area contributed by atoms with Gasteiger partial charge in [0.25, 0.3) is 5.69 Å². The first-order valence-corrected chi connectivity index (χ1v) is 14.4. The number of nitrogens with zero attached hydrogens (tertiary/aromatic N) is 1. The van der Waals surface area contributed by atoms with Crippen LogP contribution in [-0.4, -0.2) is 109 Å². The minimum Gasteiger partial charge on any atom is -0.463 e. The van der Waals surface area contributed by atoms with E-state index in [1.54, 1.807) is 0 Å². The average Bonchev–Trinajstić information content (AvgIpc) is 3.28. The van der Waals surface area contributed by atoms with E-state index in [4.69, 9.17) is 47.4 Å². The number of hydrogen-bond acceptors (Lipinski definition) is 18. The van der Waals surface area contributed by atoms with Crippen molar-refractivity contribution in [3.63, 3.8) is 0 Å². The third kappa shape index (κ3) is 10.6. The van der Waals surface area contributed by atoms with Crippen LogP contribution < -0.4 is 4.74 Å². The van der Waals surface area contributed by atoms with Crippen molar-refractivity contribution in [3.05, 3.63) is 34.4 Å². The molecule has 1 aromatic rings. The van der Waals surface area contributed by atoms with E-state index in [1.165, 1.54) is 12.1 Å². The maximum atomic E-state index is 12.2. The number of nitro groups is 1. The van der Waals surface area contributed by atoms with Crippen LogP contribution in [0.4, 0.5) is 5.69 Å². The summed E-state index contributed by atoms with van der Waals surface area (Å²) in [6.45, 7) is 5.51. The summed E-state index contributed by atoms with van der Waals surface area (Å²) in [6.07, 6.45) is -12.8. The van der Waals surface area contributed by atoms with Crippen molar-refractivity contribution in [2.24, 2.45) is 0 Å². The normalized spacial score (nSPS) is 27.9. The largest absolute Gasteiger partial charge is 0.463 e. The van der Waals surface area contributed by atoms with Crippen molar-refractivity contribution in [3.8, 4) is 5.75 Å². The van der Waals surface area contributed by atoms with Gasteiger partial charge in [-0.2, -0.15) is 0 Å². The molecule has 0 amide bonds. The predicted molar refractivity (Wildman–Crippen MR) is 151 cm³/mol. The molecule has 48 heavy (non-hydrogen) atoms. The zero-order valence-corrected chi connectivity index (χ0v) is 26.7. The molecule has 3 rings (SSSR count). The third-order valence-corrected chi connectivity index (χ3v) is 6.54. The Bertz CT molecular complexity index is 1360. The van der Waals surface area contributed by atoms with E-state index in [0.29, 0.717) is 0 Å². The monoisotopic (exact) mass is 685 g/mol. The second-order valence-electron chi connectivity index (χ2n) is 10.5. The summed E-state index contributed by atoms with van der Waals surface area (Å²) in [4.78, 5) is 82.3. The highest BCUT2D eigenvalue weighted by molar-refractivity contribution is 5.69. The van der Waals surface area contributed by atoms with Gasteiger partial charge in [0.15, 0.2) is 30.7 Å². The molecule has 0 saturated carbocycles. The standard InChI is InChI=1S/C29H35NO18/c1-13(31)39-11-21-24(42-15(3)33)26(44-17(5)35)28(47-21)40-12-22-23(41-14(2)32)25(43-16(4)34)27(45-18(6)36)29(48-22)46-20-9-7-19(8-10-20)30(37)38/h7-10,21-29H,11-12H2,1-6H3/t21-,22-,23-,24-,25+,26+,27-,28-,29+/m1/s1. The second kappa shape index (κ2) is 16.8. The van der Waals surface area contributed by atoms with E-state index < -0.39 is 109 Å². The maximum absolute atomic E-state index is 12.2. The number of rotatable bonds is 13. The molecule has 0 N–H and O–H groups in total. The van der Waals surface area contributed by atoms with Gasteiger partial charge in [0, 0.05) is 53.7 Å². The Morgan fingerprint density at radius 2 is 1.02 bits per heavy atom. The van der Waals surface area contributed by atoms with Crippen molar-refractivity contribution >= 4 is 41.5 Å². The first-order chi connectivity index (χ1) is 22.5. The molecule has 0 bridgehead atoms. The SMILES string of the molecule is CC(=O)OC[C@H]1O[C@@H](OC[C@H]2O[C@H](Oc3ccc([N+](=O)[O-])cc3)[C@H](OC(C)=O)[C@@H](OC(C)=O)[C@@H]2OC(C)=O)[C@@H](OC(C)=O)[C@@H]1OC(C)=O. The lowest BCUT2D eigenvalue weighted by atomic mass is 9.98. The van der Waals surface area contributed by atoms with Gasteiger partial charge >= 0.3 is 35.8 Å². The fraction of sp³-hybridized carbons (Fsp3) is 0.586. The molecule has 2 heterocycles. The van der Waals surface area contributed by atoms with E-state index in [2.05, 4.69) is 0 Å². The molecule has 2 aliphatic heterocycles. The van der Waals surface area contributed by atoms with E-state index in [9.17, 15) is 38.9 Å². The molecule has 0 radical (unpaired) electrons. The Hall–Kier alpha value is -4.88. The van der Waals surface area contributed by atoms with Crippen LogP contribution in [0.15, 0.2) is 24.3 Å². The minimum atomic E-state index is -1.58. The van der Waals surface area contributed by atoms with Crippen LogP contribution >= 0.6 is 0 Å². The van der Waals surface area contributed by atoms with E-state index in [1.807, 2.05) is 0 Å². The van der Waals surface area contributed by atoms with Gasteiger partial charge in [0.05, 0.1) is 11.5 Å². The summed E-state index contributed by atoms with van der Waals surface area (Å²) in [5, 5.41) is 11.1. The van der Waals surface area contributed by atoms with Gasteiger partial charge in [-0.15, -0.1) is 0 Å². The van der Waals surface area contributed by atoms with E-state index in [-0.39, 0.29) is 11.4 Å². The molecule has 19 heteroatoms. The van der Waals surface area contributed by atoms with E-state index in [0.717, 1.165) is 53.7 Å². The summed E-state index contributed by atoms with van der Waals surface area (Å²) in [6, 6.07) is 4.77. The number of carbonyl (C=O) groups is 6. The Labute approximate surface area is 273 Å². The molecule has 0 spiro atoms. The van der Waals surface area contributed by atoms with Crippen LogP contribution in [0.5, 0.6) is 5.75 Å². The molecule has 0 aromatic heterocycles. The molecule has 2 fully saturated rings. The van der Waals surface area contributed by atoms with Crippen LogP contribution in [0.25, 0.3) is 0 Å². The Balaban J connectivity index is 1.97. The molecule has 2 saturated heterocycles. The number of esters is 6. The minimum absolute atomic E-state index is 0.0153. The summed E-state index contributed by atoms with van der Waals surface area (Å²) in [7, 11) is 0. The van der Waals surface area contributed by atoms with Gasteiger partial charge in [0.1, 0.15) is 24.6 Å². The van der Waals surface area contributed by atoms with Crippen molar-refractivity contribution in [2.75, 3.05) is 13.2 Å². The number of benzene rings is 1. The van der Waals surface area contributed by atoms with Crippen molar-refractivity contribution in [1.82, 2.24) is 0 Å². The quantitative estimate of drug-likeness (QED) is 0.120.